The third kappa shape index (κ3) is 1.94. The van der Waals surface area contributed by atoms with Crippen LogP contribution < -0.4 is 0 Å². The smallest absolute Gasteiger partial charge is 0.155 e. The number of aliphatic hydroxyl groups is 1. The highest BCUT2D eigenvalue weighted by atomic mass is 16.3. The molecule has 0 radical (unpaired) electrons. The number of allylic oxidation sites excluding steroid dienone is 1. The maximum atomic E-state index is 12.0. The van der Waals surface area contributed by atoms with Gasteiger partial charge in [-0.05, 0) is 86.0 Å². The van der Waals surface area contributed by atoms with Crippen LogP contribution in [-0.2, 0) is 4.79 Å². The Balaban J connectivity index is 1.74. The van der Waals surface area contributed by atoms with Gasteiger partial charge in [-0.15, -0.1) is 0 Å². The molecule has 4 aliphatic carbocycles. The second-order valence-corrected chi connectivity index (χ2v) is 9.77. The number of rotatable bonds is 0. The van der Waals surface area contributed by atoms with Crippen LogP contribution in [0.2, 0.25) is 0 Å². The van der Waals surface area contributed by atoms with Gasteiger partial charge in [-0.1, -0.05) is 26.3 Å². The van der Waals surface area contributed by atoms with Crippen LogP contribution in [0.15, 0.2) is 11.6 Å². The first-order valence-electron chi connectivity index (χ1n) is 9.66. The molecular weight excluding hydrogens is 284 g/mol. The highest BCUT2D eigenvalue weighted by molar-refractivity contribution is 5.91. The third-order valence-corrected chi connectivity index (χ3v) is 8.84. The highest BCUT2D eigenvalue weighted by Crippen LogP contribution is 2.68. The van der Waals surface area contributed by atoms with Gasteiger partial charge in [-0.25, -0.2) is 0 Å². The van der Waals surface area contributed by atoms with Crippen molar-refractivity contribution in [1.29, 1.82) is 0 Å². The summed E-state index contributed by atoms with van der Waals surface area (Å²) in [5.74, 6) is 2.97. The number of carbonyl (C=O) groups excluding carboxylic acids is 1. The lowest BCUT2D eigenvalue weighted by Gasteiger charge is -2.60. The van der Waals surface area contributed by atoms with Crippen LogP contribution >= 0.6 is 0 Å². The molecule has 0 aromatic heterocycles. The van der Waals surface area contributed by atoms with Gasteiger partial charge in [0.15, 0.2) is 5.78 Å². The zero-order valence-corrected chi connectivity index (χ0v) is 15.2. The van der Waals surface area contributed by atoms with Crippen molar-refractivity contribution in [2.75, 3.05) is 0 Å². The van der Waals surface area contributed by atoms with Gasteiger partial charge in [0.05, 0.1) is 5.60 Å². The van der Waals surface area contributed by atoms with E-state index >= 15 is 0 Å². The number of hydrogen-bond acceptors (Lipinski definition) is 2. The largest absolute Gasteiger partial charge is 0.390 e. The van der Waals surface area contributed by atoms with Gasteiger partial charge in [0.25, 0.3) is 0 Å². The molecule has 3 fully saturated rings. The van der Waals surface area contributed by atoms with E-state index in [-0.39, 0.29) is 10.8 Å². The average Bonchev–Trinajstić information content (AvgIpc) is 2.72. The molecule has 0 aromatic carbocycles. The lowest BCUT2D eigenvalue weighted by molar-refractivity contribution is -0.127. The second kappa shape index (κ2) is 4.71. The predicted octanol–water partition coefficient (Wildman–Crippen LogP) is 4.52. The summed E-state index contributed by atoms with van der Waals surface area (Å²) in [6.07, 6.45) is 9.52. The third-order valence-electron chi connectivity index (χ3n) is 8.84. The van der Waals surface area contributed by atoms with E-state index < -0.39 is 5.60 Å². The van der Waals surface area contributed by atoms with E-state index in [0.29, 0.717) is 23.5 Å². The number of carbonyl (C=O) groups is 1. The van der Waals surface area contributed by atoms with Gasteiger partial charge in [0.1, 0.15) is 0 Å². The van der Waals surface area contributed by atoms with Gasteiger partial charge >= 0.3 is 0 Å². The van der Waals surface area contributed by atoms with Crippen LogP contribution in [0.5, 0.6) is 0 Å². The minimum absolute atomic E-state index is 0.0932. The summed E-state index contributed by atoms with van der Waals surface area (Å²) in [6.45, 7) is 9.20. The van der Waals surface area contributed by atoms with Crippen LogP contribution in [-0.4, -0.2) is 16.5 Å². The summed E-state index contributed by atoms with van der Waals surface area (Å²) >= 11 is 0. The normalized spacial score (nSPS) is 55.7. The molecule has 4 rings (SSSR count). The average molecular weight is 316 g/mol. The van der Waals surface area contributed by atoms with Gasteiger partial charge in [-0.3, -0.25) is 4.79 Å². The fraction of sp³-hybridized carbons (Fsp3) is 0.857. The van der Waals surface area contributed by atoms with E-state index in [1.54, 1.807) is 0 Å². The molecule has 0 bridgehead atoms. The minimum Gasteiger partial charge on any atom is -0.390 e. The van der Waals surface area contributed by atoms with E-state index in [0.717, 1.165) is 31.6 Å². The molecule has 0 unspecified atom stereocenters. The van der Waals surface area contributed by atoms with Gasteiger partial charge in [-0.2, -0.15) is 0 Å². The summed E-state index contributed by atoms with van der Waals surface area (Å²) in [4.78, 5) is 12.0. The molecule has 2 nitrogen and oxygen atoms in total. The van der Waals surface area contributed by atoms with Gasteiger partial charge in [0, 0.05) is 6.42 Å². The second-order valence-electron chi connectivity index (χ2n) is 9.77. The van der Waals surface area contributed by atoms with Crippen molar-refractivity contribution in [1.82, 2.24) is 0 Å². The van der Waals surface area contributed by atoms with Crippen LogP contribution in [0.3, 0.4) is 0 Å². The maximum absolute atomic E-state index is 12.0. The Hall–Kier alpha value is -0.630. The molecule has 128 valence electrons. The van der Waals surface area contributed by atoms with Crippen LogP contribution in [0.1, 0.15) is 72.6 Å². The lowest BCUT2D eigenvalue weighted by atomic mass is 9.45. The summed E-state index contributed by atoms with van der Waals surface area (Å²) in [5, 5.41) is 11.0. The first-order chi connectivity index (χ1) is 10.7. The molecule has 0 aliphatic heterocycles. The first-order valence-corrected chi connectivity index (χ1v) is 9.66. The fourth-order valence-electron chi connectivity index (χ4n) is 7.23. The standard InChI is InChI=1S/C21H32O2/c1-13-11-15-16(19(2)8-5-14(22)12-18(13)19)6-9-20(3)17(15)7-10-21(20,4)23/h12-13,15-17,23H,5-11H2,1-4H3/t13-,15+,16-,17-,19+,20-,21-/m0/s1. The monoisotopic (exact) mass is 316 g/mol. The predicted molar refractivity (Wildman–Crippen MR) is 91.9 cm³/mol. The Morgan fingerprint density at radius 2 is 1.78 bits per heavy atom. The Morgan fingerprint density at radius 1 is 1.09 bits per heavy atom. The molecule has 3 saturated carbocycles. The van der Waals surface area contributed by atoms with E-state index in [1.807, 2.05) is 6.08 Å². The molecule has 0 amide bonds. The molecule has 1 N–H and O–H groups in total. The topological polar surface area (TPSA) is 37.3 Å². The molecule has 23 heavy (non-hydrogen) atoms. The van der Waals surface area contributed by atoms with Crippen LogP contribution in [0.4, 0.5) is 0 Å². The van der Waals surface area contributed by atoms with Crippen molar-refractivity contribution >= 4 is 5.78 Å². The van der Waals surface area contributed by atoms with Crippen molar-refractivity contribution in [3.05, 3.63) is 11.6 Å². The number of fused-ring (bicyclic) bond motifs is 5. The molecule has 0 aromatic rings. The van der Waals surface area contributed by atoms with Crippen molar-refractivity contribution in [2.45, 2.75) is 78.2 Å². The maximum Gasteiger partial charge on any atom is 0.155 e. The molecule has 2 heteroatoms. The molecular formula is C21H32O2. The van der Waals surface area contributed by atoms with Crippen molar-refractivity contribution in [3.63, 3.8) is 0 Å². The van der Waals surface area contributed by atoms with E-state index in [9.17, 15) is 9.90 Å². The minimum atomic E-state index is -0.495. The molecule has 7 atom stereocenters. The molecule has 0 saturated heterocycles. The Bertz CT molecular complexity index is 574. The quantitative estimate of drug-likeness (QED) is 0.713. The summed E-state index contributed by atoms with van der Waals surface area (Å²) in [7, 11) is 0. The first kappa shape index (κ1) is 15.9. The SMILES string of the molecule is C[C@H]1C[C@@H]2[C@H](CC[C@@]3(C)[C@H]2CC[C@]3(C)O)[C@@]2(C)CCC(=O)C=C12. The Labute approximate surface area is 140 Å². The zero-order chi connectivity index (χ0) is 16.6. The van der Waals surface area contributed by atoms with Crippen LogP contribution in [0.25, 0.3) is 0 Å². The van der Waals surface area contributed by atoms with E-state index in [4.69, 9.17) is 0 Å². The number of ketones is 1. The highest BCUT2D eigenvalue weighted by Gasteiger charge is 2.63. The zero-order valence-electron chi connectivity index (χ0n) is 15.2. The Morgan fingerprint density at radius 3 is 2.52 bits per heavy atom. The van der Waals surface area contributed by atoms with E-state index in [2.05, 4.69) is 27.7 Å². The van der Waals surface area contributed by atoms with Crippen LogP contribution in [0, 0.1) is 34.5 Å². The number of hydrogen-bond donors (Lipinski definition) is 1. The summed E-state index contributed by atoms with van der Waals surface area (Å²) < 4.78 is 0. The van der Waals surface area contributed by atoms with Gasteiger partial charge < -0.3 is 5.11 Å². The van der Waals surface area contributed by atoms with Crippen molar-refractivity contribution < 1.29 is 9.90 Å². The summed E-state index contributed by atoms with van der Waals surface area (Å²) in [6, 6.07) is 0. The fourth-order valence-corrected chi connectivity index (χ4v) is 7.23. The van der Waals surface area contributed by atoms with Crippen molar-refractivity contribution in [3.8, 4) is 0 Å². The molecule has 4 aliphatic rings. The lowest BCUT2D eigenvalue weighted by Crippen LogP contribution is -2.55. The molecule has 0 spiro atoms. The Kier molecular flexibility index (Phi) is 3.25. The van der Waals surface area contributed by atoms with Gasteiger partial charge in [0.2, 0.25) is 0 Å². The van der Waals surface area contributed by atoms with E-state index in [1.165, 1.54) is 24.8 Å². The van der Waals surface area contributed by atoms with Crippen molar-refractivity contribution in [2.24, 2.45) is 34.5 Å². The summed E-state index contributed by atoms with van der Waals surface area (Å²) in [5.41, 5.74) is 1.27. The molecule has 0 heterocycles.